The molecule has 1 amide bonds. The molecule has 0 aliphatic rings. The molecule has 1 radical (unpaired) electrons. The largest absolute Gasteiger partial charge is 0.392 e. The lowest BCUT2D eigenvalue weighted by Crippen LogP contribution is -2.64. The third kappa shape index (κ3) is 6.68. The SMILES string of the molecule is CCC(NC(C(C)=O)C(=O)c1ccccc1)(O[Si](C)CC(C)(C)C)C(N)=O. The van der Waals surface area contributed by atoms with E-state index in [-0.39, 0.29) is 11.8 Å². The first-order chi connectivity index (χ1) is 12.4. The van der Waals surface area contributed by atoms with Gasteiger partial charge in [-0.1, -0.05) is 58.0 Å². The van der Waals surface area contributed by atoms with Crippen LogP contribution in [0, 0.1) is 5.41 Å². The van der Waals surface area contributed by atoms with Gasteiger partial charge < -0.3 is 10.2 Å². The third-order valence-corrected chi connectivity index (χ3v) is 6.38. The van der Waals surface area contributed by atoms with Crippen LogP contribution in [0.25, 0.3) is 0 Å². The molecule has 2 atom stereocenters. The summed E-state index contributed by atoms with van der Waals surface area (Å²) in [5.41, 5.74) is 4.50. The summed E-state index contributed by atoms with van der Waals surface area (Å²) in [4.78, 5) is 37.3. The molecule has 1 aromatic rings. The van der Waals surface area contributed by atoms with Gasteiger partial charge in [0.2, 0.25) is 9.04 Å². The van der Waals surface area contributed by atoms with E-state index in [2.05, 4.69) is 26.1 Å². The predicted octanol–water partition coefficient (Wildman–Crippen LogP) is 2.69. The van der Waals surface area contributed by atoms with Crippen molar-refractivity contribution in [2.45, 2.75) is 65.4 Å². The minimum Gasteiger partial charge on any atom is -0.392 e. The monoisotopic (exact) mass is 391 g/mol. The van der Waals surface area contributed by atoms with Crippen LogP contribution in [-0.2, 0) is 14.0 Å². The molecule has 0 bridgehead atoms. The lowest BCUT2D eigenvalue weighted by molar-refractivity contribution is -0.139. The Bertz CT molecular complexity index is 672. The van der Waals surface area contributed by atoms with E-state index in [9.17, 15) is 14.4 Å². The van der Waals surface area contributed by atoms with Gasteiger partial charge in [-0.15, -0.1) is 0 Å². The number of hydrogen-bond acceptors (Lipinski definition) is 5. The van der Waals surface area contributed by atoms with Crippen LogP contribution in [0.4, 0.5) is 0 Å². The number of nitrogens with two attached hydrogens (primary N) is 1. The number of carbonyl (C=O) groups is 3. The first-order valence-corrected chi connectivity index (χ1v) is 11.2. The molecule has 0 spiro atoms. The molecule has 0 aromatic heterocycles. The number of Topliss-reactive ketones (excluding diaryl/α,β-unsaturated/α-hetero) is 2. The molecule has 0 fully saturated rings. The Morgan fingerprint density at radius 2 is 1.74 bits per heavy atom. The molecule has 27 heavy (non-hydrogen) atoms. The van der Waals surface area contributed by atoms with Gasteiger partial charge in [0.25, 0.3) is 5.91 Å². The Labute approximate surface area is 163 Å². The smallest absolute Gasteiger partial charge is 0.263 e. The second-order valence-corrected chi connectivity index (χ2v) is 9.97. The van der Waals surface area contributed by atoms with Gasteiger partial charge in [0.05, 0.1) is 0 Å². The molecule has 7 heteroatoms. The van der Waals surface area contributed by atoms with Crippen molar-refractivity contribution in [2.75, 3.05) is 0 Å². The number of primary amides is 1. The summed E-state index contributed by atoms with van der Waals surface area (Å²) < 4.78 is 6.10. The molecule has 0 aliphatic heterocycles. The maximum atomic E-state index is 12.8. The summed E-state index contributed by atoms with van der Waals surface area (Å²) in [5.74, 6) is -1.53. The normalized spacial score (nSPS) is 15.2. The summed E-state index contributed by atoms with van der Waals surface area (Å²) >= 11 is 0. The van der Waals surface area contributed by atoms with E-state index in [1.807, 2.05) is 6.55 Å². The van der Waals surface area contributed by atoms with Crippen molar-refractivity contribution in [3.8, 4) is 0 Å². The second-order valence-electron chi connectivity index (χ2n) is 8.00. The van der Waals surface area contributed by atoms with Gasteiger partial charge in [-0.25, -0.2) is 0 Å². The Morgan fingerprint density at radius 1 is 1.19 bits per heavy atom. The minimum atomic E-state index is -1.56. The standard InChI is InChI=1S/C20H31N2O4Si/c1-7-20(18(21)25,26-27(6)13-19(3,4)5)22-16(14(2)23)17(24)15-11-9-8-10-12-15/h8-12,16,22H,7,13H2,1-6H3,(H2,21,25). The van der Waals surface area contributed by atoms with Crippen molar-refractivity contribution in [3.05, 3.63) is 35.9 Å². The van der Waals surface area contributed by atoms with Crippen LogP contribution < -0.4 is 11.1 Å². The molecular formula is C20H31N2O4Si. The molecule has 149 valence electrons. The van der Waals surface area contributed by atoms with Crippen LogP contribution in [-0.4, -0.2) is 38.3 Å². The molecule has 3 N–H and O–H groups in total. The van der Waals surface area contributed by atoms with Gasteiger partial charge in [-0.05, 0) is 31.4 Å². The Morgan fingerprint density at radius 3 is 2.15 bits per heavy atom. The summed E-state index contributed by atoms with van der Waals surface area (Å²) in [6.45, 7) is 11.3. The quantitative estimate of drug-likeness (QED) is 0.276. The summed E-state index contributed by atoms with van der Waals surface area (Å²) in [5, 5.41) is 2.86. The van der Waals surface area contributed by atoms with Gasteiger partial charge in [-0.2, -0.15) is 0 Å². The third-order valence-electron chi connectivity index (χ3n) is 4.13. The molecule has 2 unspecified atom stereocenters. The molecule has 0 saturated carbocycles. The van der Waals surface area contributed by atoms with Crippen molar-refractivity contribution in [1.82, 2.24) is 5.32 Å². The average molecular weight is 392 g/mol. The Kier molecular flexibility index (Phi) is 8.07. The highest BCUT2D eigenvalue weighted by Crippen LogP contribution is 2.25. The van der Waals surface area contributed by atoms with Crippen molar-refractivity contribution in [3.63, 3.8) is 0 Å². The zero-order chi connectivity index (χ0) is 20.8. The highest BCUT2D eigenvalue weighted by Gasteiger charge is 2.43. The van der Waals surface area contributed by atoms with Crippen LogP contribution in [0.2, 0.25) is 12.6 Å². The zero-order valence-corrected chi connectivity index (χ0v) is 18.1. The molecule has 0 heterocycles. The fraction of sp³-hybridized carbons (Fsp3) is 0.550. The van der Waals surface area contributed by atoms with Crippen molar-refractivity contribution >= 4 is 26.5 Å². The van der Waals surface area contributed by atoms with E-state index in [4.69, 9.17) is 10.2 Å². The highest BCUT2D eigenvalue weighted by atomic mass is 28.3. The van der Waals surface area contributed by atoms with E-state index in [0.29, 0.717) is 5.56 Å². The first-order valence-electron chi connectivity index (χ1n) is 9.10. The highest BCUT2D eigenvalue weighted by molar-refractivity contribution is 6.50. The van der Waals surface area contributed by atoms with Crippen LogP contribution in [0.3, 0.4) is 0 Å². The van der Waals surface area contributed by atoms with Crippen LogP contribution in [0.5, 0.6) is 0 Å². The number of nitrogens with one attached hydrogen (secondary N) is 1. The second kappa shape index (κ2) is 9.39. The maximum absolute atomic E-state index is 12.8. The van der Waals surface area contributed by atoms with E-state index in [1.54, 1.807) is 37.3 Å². The molecule has 1 rings (SSSR count). The van der Waals surface area contributed by atoms with Crippen molar-refractivity contribution < 1.29 is 18.8 Å². The predicted molar refractivity (Wildman–Crippen MR) is 108 cm³/mol. The van der Waals surface area contributed by atoms with E-state index >= 15 is 0 Å². The van der Waals surface area contributed by atoms with Crippen LogP contribution in [0.15, 0.2) is 30.3 Å². The van der Waals surface area contributed by atoms with Gasteiger partial charge in [0, 0.05) is 5.56 Å². The molecule has 1 aromatic carbocycles. The van der Waals surface area contributed by atoms with E-state index < -0.39 is 38.3 Å². The summed E-state index contributed by atoms with van der Waals surface area (Å²) in [6.07, 6.45) is 0.209. The Hall–Kier alpha value is -1.83. The first kappa shape index (κ1) is 23.2. The number of rotatable bonds is 10. The lowest BCUT2D eigenvalue weighted by Gasteiger charge is -2.37. The molecule has 0 saturated heterocycles. The van der Waals surface area contributed by atoms with Crippen molar-refractivity contribution in [1.29, 1.82) is 0 Å². The lowest BCUT2D eigenvalue weighted by atomic mass is 9.98. The fourth-order valence-electron chi connectivity index (χ4n) is 2.93. The number of carbonyl (C=O) groups excluding carboxylic acids is 3. The topological polar surface area (TPSA) is 98.5 Å². The van der Waals surface area contributed by atoms with Crippen LogP contribution in [0.1, 0.15) is 51.4 Å². The van der Waals surface area contributed by atoms with Gasteiger partial charge in [-0.3, -0.25) is 19.7 Å². The number of hydrogen-bond donors (Lipinski definition) is 2. The maximum Gasteiger partial charge on any atom is 0.263 e. The number of benzene rings is 1. The summed E-state index contributed by atoms with van der Waals surface area (Å²) in [7, 11) is -1.41. The van der Waals surface area contributed by atoms with Gasteiger partial charge in [0.15, 0.2) is 17.3 Å². The van der Waals surface area contributed by atoms with Crippen molar-refractivity contribution in [2.24, 2.45) is 11.1 Å². The van der Waals surface area contributed by atoms with E-state index in [1.165, 1.54) is 6.92 Å². The summed E-state index contributed by atoms with van der Waals surface area (Å²) in [6, 6.07) is 8.07. The molecule has 0 aliphatic carbocycles. The molecular weight excluding hydrogens is 360 g/mol. The zero-order valence-electron chi connectivity index (χ0n) is 17.1. The van der Waals surface area contributed by atoms with Gasteiger partial charge in [0.1, 0.15) is 6.04 Å². The number of amides is 1. The van der Waals surface area contributed by atoms with E-state index in [0.717, 1.165) is 6.04 Å². The van der Waals surface area contributed by atoms with Crippen LogP contribution >= 0.6 is 0 Å². The van der Waals surface area contributed by atoms with Gasteiger partial charge >= 0.3 is 0 Å². The average Bonchev–Trinajstić information content (AvgIpc) is 2.56. The number of ketones is 2. The fourth-order valence-corrected chi connectivity index (χ4v) is 5.40. The Balaban J connectivity index is 3.16. The molecule has 6 nitrogen and oxygen atoms in total. The minimum absolute atomic E-state index is 0.0278.